The number of nitrogens with one attached hydrogen (secondary N) is 1. The van der Waals surface area contributed by atoms with Gasteiger partial charge < -0.3 is 10.2 Å². The number of rotatable bonds is 2. The third-order valence-electron chi connectivity index (χ3n) is 3.04. The maximum atomic E-state index is 11.9. The highest BCUT2D eigenvalue weighted by Gasteiger charge is 2.33. The summed E-state index contributed by atoms with van der Waals surface area (Å²) in [4.78, 5) is 13.6. The molecule has 1 N–H and O–H groups in total. The standard InChI is InChI=1S/C12H16N2O/c1-4-8-5-6-10-9(7-8)11(13-2)12(15)14(10)3/h5-7,11,13H,4H2,1-3H3. The van der Waals surface area contributed by atoms with E-state index in [0.29, 0.717) is 0 Å². The van der Waals surface area contributed by atoms with E-state index in [2.05, 4.69) is 24.4 Å². The minimum Gasteiger partial charge on any atom is -0.313 e. The van der Waals surface area contributed by atoms with Crippen molar-refractivity contribution >= 4 is 11.6 Å². The van der Waals surface area contributed by atoms with Gasteiger partial charge in [-0.1, -0.05) is 19.1 Å². The van der Waals surface area contributed by atoms with E-state index in [0.717, 1.165) is 17.7 Å². The van der Waals surface area contributed by atoms with Gasteiger partial charge >= 0.3 is 0 Å². The van der Waals surface area contributed by atoms with Crippen LogP contribution in [0.25, 0.3) is 0 Å². The summed E-state index contributed by atoms with van der Waals surface area (Å²) in [7, 11) is 3.65. The first-order chi connectivity index (χ1) is 7.19. The van der Waals surface area contributed by atoms with Crippen LogP contribution in [0.4, 0.5) is 5.69 Å². The zero-order valence-corrected chi connectivity index (χ0v) is 9.37. The first-order valence-electron chi connectivity index (χ1n) is 5.26. The lowest BCUT2D eigenvalue weighted by molar-refractivity contribution is -0.119. The number of hydrogen-bond acceptors (Lipinski definition) is 2. The number of aryl methyl sites for hydroxylation is 1. The number of nitrogens with zero attached hydrogens (tertiary/aromatic N) is 1. The first-order valence-corrected chi connectivity index (χ1v) is 5.26. The molecule has 3 heteroatoms. The molecule has 80 valence electrons. The second kappa shape index (κ2) is 3.66. The Bertz CT molecular complexity index is 401. The molecule has 1 atom stereocenters. The number of amides is 1. The van der Waals surface area contributed by atoms with Gasteiger partial charge in [0, 0.05) is 18.3 Å². The molecular formula is C12H16N2O. The summed E-state index contributed by atoms with van der Waals surface area (Å²) in [5.41, 5.74) is 3.40. The van der Waals surface area contributed by atoms with Gasteiger partial charge in [0.25, 0.3) is 0 Å². The topological polar surface area (TPSA) is 32.3 Å². The molecule has 0 spiro atoms. The molecule has 1 aromatic carbocycles. The number of likely N-dealkylation sites (N-methyl/N-ethyl adjacent to an activating group) is 2. The lowest BCUT2D eigenvalue weighted by atomic mass is 10.0. The first kappa shape index (κ1) is 10.2. The van der Waals surface area contributed by atoms with E-state index < -0.39 is 0 Å². The molecule has 15 heavy (non-hydrogen) atoms. The highest BCUT2D eigenvalue weighted by molar-refractivity contribution is 6.04. The van der Waals surface area contributed by atoms with Crippen LogP contribution in [0.15, 0.2) is 18.2 Å². The molecule has 0 fully saturated rings. The van der Waals surface area contributed by atoms with Crippen molar-refractivity contribution in [3.05, 3.63) is 29.3 Å². The zero-order chi connectivity index (χ0) is 11.0. The Kier molecular flexibility index (Phi) is 2.49. The SMILES string of the molecule is CCc1ccc2c(c1)C(NC)C(=O)N2C. The maximum Gasteiger partial charge on any atom is 0.248 e. The van der Waals surface area contributed by atoms with E-state index in [-0.39, 0.29) is 11.9 Å². The molecule has 0 saturated carbocycles. The Labute approximate surface area is 90.1 Å². The number of carbonyl (C=O) groups is 1. The number of benzene rings is 1. The number of hydrogen-bond donors (Lipinski definition) is 1. The van der Waals surface area contributed by atoms with Crippen molar-refractivity contribution < 1.29 is 4.79 Å². The molecule has 1 unspecified atom stereocenters. The van der Waals surface area contributed by atoms with Crippen molar-refractivity contribution in [2.24, 2.45) is 0 Å². The molecule has 1 aliphatic heterocycles. The molecule has 0 aliphatic carbocycles. The highest BCUT2D eigenvalue weighted by Crippen LogP contribution is 2.35. The van der Waals surface area contributed by atoms with E-state index in [1.807, 2.05) is 20.2 Å². The fourth-order valence-corrected chi connectivity index (χ4v) is 2.08. The largest absolute Gasteiger partial charge is 0.313 e. The van der Waals surface area contributed by atoms with E-state index in [4.69, 9.17) is 0 Å². The Morgan fingerprint density at radius 3 is 2.80 bits per heavy atom. The van der Waals surface area contributed by atoms with Gasteiger partial charge in [0.15, 0.2) is 0 Å². The van der Waals surface area contributed by atoms with Crippen LogP contribution in [-0.4, -0.2) is 20.0 Å². The van der Waals surface area contributed by atoms with Crippen LogP contribution in [0.2, 0.25) is 0 Å². The zero-order valence-electron chi connectivity index (χ0n) is 9.37. The summed E-state index contributed by atoms with van der Waals surface area (Å²) in [5.74, 6) is 0.126. The van der Waals surface area contributed by atoms with Gasteiger partial charge in [-0.15, -0.1) is 0 Å². The van der Waals surface area contributed by atoms with Gasteiger partial charge in [-0.2, -0.15) is 0 Å². The van der Waals surface area contributed by atoms with Crippen LogP contribution in [0.5, 0.6) is 0 Å². The molecule has 0 aromatic heterocycles. The fourth-order valence-electron chi connectivity index (χ4n) is 2.08. The van der Waals surface area contributed by atoms with Crippen molar-refractivity contribution in [2.45, 2.75) is 19.4 Å². The van der Waals surface area contributed by atoms with Crippen LogP contribution in [0.3, 0.4) is 0 Å². The van der Waals surface area contributed by atoms with Crippen molar-refractivity contribution in [3.63, 3.8) is 0 Å². The van der Waals surface area contributed by atoms with Gasteiger partial charge in [-0.25, -0.2) is 0 Å². The Morgan fingerprint density at radius 2 is 2.20 bits per heavy atom. The van der Waals surface area contributed by atoms with Gasteiger partial charge in [-0.05, 0) is 25.1 Å². The summed E-state index contributed by atoms with van der Waals surface area (Å²) >= 11 is 0. The van der Waals surface area contributed by atoms with Crippen molar-refractivity contribution in [1.82, 2.24) is 5.32 Å². The summed E-state index contributed by atoms with van der Waals surface area (Å²) < 4.78 is 0. The van der Waals surface area contributed by atoms with E-state index in [1.54, 1.807) is 4.90 Å². The van der Waals surface area contributed by atoms with E-state index in [9.17, 15) is 4.79 Å². The Balaban J connectivity index is 2.51. The minimum atomic E-state index is -0.170. The predicted molar refractivity (Wildman–Crippen MR) is 61.0 cm³/mol. The lowest BCUT2D eigenvalue weighted by Crippen LogP contribution is -2.30. The van der Waals surface area contributed by atoms with Crippen LogP contribution in [-0.2, 0) is 11.2 Å². The molecular weight excluding hydrogens is 188 g/mol. The molecule has 3 nitrogen and oxygen atoms in total. The van der Waals surface area contributed by atoms with Gasteiger partial charge in [0.1, 0.15) is 6.04 Å². The fraction of sp³-hybridized carbons (Fsp3) is 0.417. The number of carbonyl (C=O) groups excluding carboxylic acids is 1. The van der Waals surface area contributed by atoms with Crippen molar-refractivity contribution in [3.8, 4) is 0 Å². The van der Waals surface area contributed by atoms with Crippen molar-refractivity contribution in [1.29, 1.82) is 0 Å². The molecule has 1 aliphatic rings. The van der Waals surface area contributed by atoms with Crippen LogP contribution >= 0.6 is 0 Å². The van der Waals surface area contributed by atoms with Gasteiger partial charge in [0.05, 0.1) is 0 Å². The monoisotopic (exact) mass is 204 g/mol. The average molecular weight is 204 g/mol. The Morgan fingerprint density at radius 1 is 1.47 bits per heavy atom. The molecule has 2 rings (SSSR count). The quantitative estimate of drug-likeness (QED) is 0.791. The predicted octanol–water partition coefficient (Wildman–Crippen LogP) is 1.49. The number of anilines is 1. The third kappa shape index (κ3) is 1.43. The molecule has 1 heterocycles. The van der Waals surface area contributed by atoms with E-state index >= 15 is 0 Å². The molecule has 0 saturated heterocycles. The summed E-state index contributed by atoms with van der Waals surface area (Å²) in [6, 6.07) is 6.07. The normalized spacial score (nSPS) is 19.5. The highest BCUT2D eigenvalue weighted by atomic mass is 16.2. The molecule has 0 bridgehead atoms. The maximum absolute atomic E-state index is 11.9. The summed E-state index contributed by atoms with van der Waals surface area (Å²) in [6.07, 6.45) is 1.00. The minimum absolute atomic E-state index is 0.126. The second-order valence-corrected chi connectivity index (χ2v) is 3.87. The lowest BCUT2D eigenvalue weighted by Gasteiger charge is -2.09. The van der Waals surface area contributed by atoms with E-state index in [1.165, 1.54) is 5.56 Å². The van der Waals surface area contributed by atoms with Crippen molar-refractivity contribution in [2.75, 3.05) is 19.0 Å². The Hall–Kier alpha value is -1.35. The van der Waals surface area contributed by atoms with Gasteiger partial charge in [0.2, 0.25) is 5.91 Å². The van der Waals surface area contributed by atoms with Gasteiger partial charge in [-0.3, -0.25) is 4.79 Å². The average Bonchev–Trinajstić information content (AvgIpc) is 2.51. The third-order valence-corrected chi connectivity index (χ3v) is 3.04. The summed E-state index contributed by atoms with van der Waals surface area (Å²) in [6.45, 7) is 2.12. The van der Waals surface area contributed by atoms with Crippen LogP contribution in [0.1, 0.15) is 24.1 Å². The molecule has 1 aromatic rings. The number of fused-ring (bicyclic) bond motifs is 1. The smallest absolute Gasteiger partial charge is 0.248 e. The molecule has 1 amide bonds. The molecule has 0 radical (unpaired) electrons. The van der Waals surface area contributed by atoms with Crippen LogP contribution < -0.4 is 10.2 Å². The second-order valence-electron chi connectivity index (χ2n) is 3.87. The summed E-state index contributed by atoms with van der Waals surface area (Å²) in [5, 5.41) is 3.06. The van der Waals surface area contributed by atoms with Crippen LogP contribution in [0, 0.1) is 0 Å².